The quantitative estimate of drug-likeness (QED) is 0.0136. The average molecular weight is 1990 g/mol. The first-order valence-electron chi connectivity index (χ1n) is 49.7. The van der Waals surface area contributed by atoms with Gasteiger partial charge >= 0.3 is 5.97 Å². The Morgan fingerprint density at radius 1 is 0.503 bits per heavy atom. The fourth-order valence-electron chi connectivity index (χ4n) is 19.9. The summed E-state index contributed by atoms with van der Waals surface area (Å²) in [5.41, 5.74) is 12.4. The minimum atomic E-state index is -0.936. The summed E-state index contributed by atoms with van der Waals surface area (Å²) in [6.45, 7) is 28.3. The molecule has 4 aliphatic heterocycles. The smallest absolute Gasteiger partial charge is 0.303 e. The first-order chi connectivity index (χ1) is 68.3. The number of carboxylic acid groups (broad SMARTS) is 1. The summed E-state index contributed by atoms with van der Waals surface area (Å²) in [5, 5.41) is 49.6. The first kappa shape index (κ1) is 106. The van der Waals surface area contributed by atoms with Crippen molar-refractivity contribution in [1.82, 2.24) is 85.0 Å². The molecule has 16 rings (SSSR count). The standard InChI is InChI=1S/C52H65N11O7S.C29H39N3O6S.C24H29N7O2/c1-31-39-28-55-51(59-47(39)63(36-11-7-8-12-36)49(69)44(31)33(3)64)57-41-20-19-37(27-53-41)60-21-23-61(24-22-60)43(67)14-10-9-13-42(66)58-46(52(4,5)6)50(70)62-29-38(65)25-40(62)48(68)54-26-34-15-17-35(18-16-34)45-32(2)56-30-71-45;1-18-26(39-17-31-18)20-11-9-19(10-12-20)15-30-27(37)24-14-22(34)16-32(24)28(38)23(29(2,3)4)13-21(33)7-5-6-8-25(35)36;1-15-19-14-27-24(28-20-8-7-18(13-26-20)30-11-9-25-10-12-30)29-22(19)31(17-5-3-4-6-17)23(33)21(15)16(2)32/h15-20,27-28,30,36,38,40,46,65H,7-14,21-26,29H2,1-6H3,(H,54,68)(H,58,66)(H,53,55,57,59);9-12,17,22-24,34H,5-8,13-16H2,1-4H3,(H,30,37)(H,35,36);7-8,13-14,17,25H,3-6,9-12H2,1-2H3,(H,26,27,28,29)/t38-,40+,46-;22-,23-,24+;/m11./s1. The molecule has 12 heterocycles. The number of nitrogens with zero attached hydrogens (tertiary/aromatic N) is 15. The number of aliphatic hydroxyl groups is 2. The lowest BCUT2D eigenvalue weighted by Crippen LogP contribution is -2.57. The van der Waals surface area contributed by atoms with E-state index in [2.05, 4.69) is 71.6 Å². The van der Waals surface area contributed by atoms with Crippen LogP contribution in [0, 0.1) is 44.4 Å². The van der Waals surface area contributed by atoms with E-state index in [4.69, 9.17) is 15.1 Å². The molecular weight excluding hydrogens is 1860 g/mol. The minimum absolute atomic E-state index is 0.00724. The number of anilines is 6. The number of aliphatic carboxylic acids is 1. The number of Topliss-reactive ketones (excluding diaryl/α,β-unsaturated/α-hetero) is 3. The number of nitrogens with one attached hydrogen (secondary N) is 6. The molecule has 6 aliphatic rings. The van der Waals surface area contributed by atoms with Crippen LogP contribution in [0.4, 0.5) is 34.9 Å². The van der Waals surface area contributed by atoms with E-state index >= 15 is 0 Å². The third-order valence-corrected chi connectivity index (χ3v) is 29.8. The highest BCUT2D eigenvalue weighted by Crippen LogP contribution is 2.39. The van der Waals surface area contributed by atoms with E-state index in [0.29, 0.717) is 110 Å². The molecule has 0 unspecified atom stereocenters. The van der Waals surface area contributed by atoms with Gasteiger partial charge in [0.25, 0.3) is 11.1 Å². The normalized spacial score (nSPS) is 17.8. The number of rotatable bonds is 33. The zero-order valence-electron chi connectivity index (χ0n) is 83.7. The van der Waals surface area contributed by atoms with Crippen LogP contribution in [0.5, 0.6) is 0 Å². The van der Waals surface area contributed by atoms with Gasteiger partial charge in [-0.25, -0.2) is 29.9 Å². The minimum Gasteiger partial charge on any atom is -0.481 e. The molecule has 9 N–H and O–H groups in total. The number of aliphatic hydroxyl groups excluding tert-OH is 2. The average Bonchev–Trinajstić information content (AvgIpc) is 1.74. The van der Waals surface area contributed by atoms with Crippen molar-refractivity contribution < 1.29 is 63.3 Å². The van der Waals surface area contributed by atoms with E-state index in [0.717, 1.165) is 138 Å². The van der Waals surface area contributed by atoms with Crippen molar-refractivity contribution in [3.8, 4) is 20.9 Å². The number of pyridine rings is 4. The Hall–Kier alpha value is -13.0. The van der Waals surface area contributed by atoms with E-state index in [-0.39, 0.29) is 146 Å². The third-order valence-electron chi connectivity index (χ3n) is 27.9. The van der Waals surface area contributed by atoms with E-state index in [9.17, 15) is 67.7 Å². The summed E-state index contributed by atoms with van der Waals surface area (Å²) in [4.78, 5) is 204. The van der Waals surface area contributed by atoms with Crippen molar-refractivity contribution in [2.24, 2.45) is 16.7 Å². The Morgan fingerprint density at radius 3 is 1.35 bits per heavy atom. The molecule has 2 saturated carbocycles. The van der Waals surface area contributed by atoms with Crippen molar-refractivity contribution in [2.75, 3.05) is 85.9 Å². The maximum Gasteiger partial charge on any atom is 0.303 e. The van der Waals surface area contributed by atoms with Gasteiger partial charge < -0.3 is 71.7 Å². The number of hydrogen-bond donors (Lipinski definition) is 9. The highest BCUT2D eigenvalue weighted by molar-refractivity contribution is 7.13. The van der Waals surface area contributed by atoms with Gasteiger partial charge in [-0.2, -0.15) is 9.97 Å². The number of unbranched alkanes of at least 4 members (excludes halogenated alkanes) is 2. The van der Waals surface area contributed by atoms with Crippen LogP contribution in [0.2, 0.25) is 0 Å². The maximum atomic E-state index is 14.1. The van der Waals surface area contributed by atoms with Crippen LogP contribution in [-0.4, -0.2) is 234 Å². The molecule has 6 atom stereocenters. The van der Waals surface area contributed by atoms with Crippen LogP contribution in [0.3, 0.4) is 0 Å². The van der Waals surface area contributed by atoms with E-state index in [1.165, 1.54) is 23.6 Å². The van der Waals surface area contributed by atoms with E-state index in [1.807, 2.05) is 150 Å². The van der Waals surface area contributed by atoms with Gasteiger partial charge in [-0.1, -0.05) is 116 Å². The largest absolute Gasteiger partial charge is 0.481 e. The third kappa shape index (κ3) is 26.3. The van der Waals surface area contributed by atoms with Crippen molar-refractivity contribution in [1.29, 1.82) is 0 Å². The van der Waals surface area contributed by atoms with Crippen molar-refractivity contribution in [2.45, 2.75) is 261 Å². The monoisotopic (exact) mass is 1990 g/mol. The summed E-state index contributed by atoms with van der Waals surface area (Å²) >= 11 is 3.15. The number of piperazine rings is 2. The van der Waals surface area contributed by atoms with E-state index < -0.39 is 59.0 Å². The van der Waals surface area contributed by atoms with Crippen LogP contribution in [0.15, 0.2) is 118 Å². The van der Waals surface area contributed by atoms with Crippen molar-refractivity contribution in [3.05, 3.63) is 174 Å². The Balaban J connectivity index is 0.000000189. The number of fused-ring (bicyclic) bond motifs is 2. The number of amides is 6. The number of β-amino-alcohol motifs (C(OH)–C–C–N with tert-alkyl or cyclic N) is 2. The molecule has 0 radical (unpaired) electrons. The maximum absolute atomic E-state index is 14.1. The van der Waals surface area contributed by atoms with Crippen LogP contribution < -0.4 is 52.8 Å². The Morgan fingerprint density at radius 2 is 0.937 bits per heavy atom. The molecule has 760 valence electrons. The van der Waals surface area contributed by atoms with Crippen LogP contribution in [0.25, 0.3) is 42.9 Å². The van der Waals surface area contributed by atoms with Gasteiger partial charge in [-0.15, -0.1) is 22.7 Å². The fourth-order valence-corrected chi connectivity index (χ4v) is 21.5. The van der Waals surface area contributed by atoms with Crippen LogP contribution in [-0.2, 0) is 51.4 Å². The molecule has 2 aromatic carbocycles. The Bertz CT molecular complexity index is 6390. The van der Waals surface area contributed by atoms with Gasteiger partial charge in [-0.05, 0) is 161 Å². The number of likely N-dealkylation sites (tertiary alicyclic amines) is 2. The molecule has 36 nitrogen and oxygen atoms in total. The second-order valence-corrected chi connectivity index (χ2v) is 42.1. The molecule has 8 aromatic heterocycles. The number of carbonyl (C=O) groups is 10. The van der Waals surface area contributed by atoms with Gasteiger partial charge in [0.1, 0.15) is 46.8 Å². The number of thiazole rings is 2. The number of ketones is 3. The highest BCUT2D eigenvalue weighted by Gasteiger charge is 2.47. The Labute approximate surface area is 839 Å². The second kappa shape index (κ2) is 47.4. The topological polar surface area (TPSA) is 467 Å². The molecule has 10 aromatic rings. The Kier molecular flexibility index (Phi) is 35.1. The number of carbonyl (C=O) groups excluding carboxylic acids is 9. The molecule has 143 heavy (non-hydrogen) atoms. The van der Waals surface area contributed by atoms with Gasteiger partial charge in [-0.3, -0.25) is 66.7 Å². The molecule has 6 fully saturated rings. The number of benzene rings is 2. The molecule has 0 spiro atoms. The van der Waals surface area contributed by atoms with Crippen molar-refractivity contribution in [3.63, 3.8) is 0 Å². The number of carboxylic acids is 1. The fraction of sp³-hybridized carbons (Fsp3) is 0.505. The van der Waals surface area contributed by atoms with Crippen LogP contribution in [0.1, 0.15) is 244 Å². The molecular formula is C105H133N21O15S2. The number of hydrogen-bond acceptors (Lipinski definition) is 29. The zero-order valence-corrected chi connectivity index (χ0v) is 85.3. The number of aromatic nitrogens is 10. The van der Waals surface area contributed by atoms with Gasteiger partial charge in [0.15, 0.2) is 11.6 Å². The predicted molar refractivity (Wildman–Crippen MR) is 550 cm³/mol. The summed E-state index contributed by atoms with van der Waals surface area (Å²) < 4.78 is 3.41. The first-order valence-corrected chi connectivity index (χ1v) is 51.5. The summed E-state index contributed by atoms with van der Waals surface area (Å²) in [7, 11) is 0. The molecule has 4 saturated heterocycles. The highest BCUT2D eigenvalue weighted by atomic mass is 32.1. The summed E-state index contributed by atoms with van der Waals surface area (Å²) in [6.07, 6.45) is 15.7. The van der Waals surface area contributed by atoms with Crippen molar-refractivity contribution >= 4 is 138 Å². The lowest BCUT2D eigenvalue weighted by Gasteiger charge is -2.36. The van der Waals surface area contributed by atoms with E-state index in [1.54, 1.807) is 64.2 Å². The lowest BCUT2D eigenvalue weighted by atomic mass is 9.76. The van der Waals surface area contributed by atoms with Gasteiger partial charge in [0, 0.05) is 165 Å². The second-order valence-electron chi connectivity index (χ2n) is 40.4. The molecule has 38 heteroatoms. The molecule has 0 bridgehead atoms. The predicted octanol–water partition coefficient (Wildman–Crippen LogP) is 12.9. The lowest BCUT2D eigenvalue weighted by molar-refractivity contribution is -0.146. The SMILES string of the molecule is CC(=O)c1c(C)c2cnc(Nc3ccc(N4CCN(C(=O)CCCCC(=O)N[C@H](C(=O)N5C[C@H](O)C[C@H]5C(=O)NCc5ccc(-c6scnc6C)cc5)C(C)(C)C)CC4)cn3)nc2n(C2CCCC2)c1=O.CC(=O)c1c(C)c2cnc(Nc3ccc(N4CCNCC4)cn3)nc2n(C2CCCC2)c1=O.Cc1ncsc1-c1ccc(CNC(=O)[C@@H]2C[C@@H](O)CN2C(=O)[C@@H](CC(=O)CCCCC(=O)O)C(C)(C)C)cc1. The van der Waals surface area contributed by atoms with Gasteiger partial charge in [0.2, 0.25) is 47.3 Å². The zero-order chi connectivity index (χ0) is 102. The van der Waals surface area contributed by atoms with Gasteiger partial charge in [0.05, 0.1) is 79.3 Å². The molecule has 2 aliphatic carbocycles. The summed E-state index contributed by atoms with van der Waals surface area (Å²) in [6, 6.07) is 20.9. The number of aryl methyl sites for hydroxylation is 4. The van der Waals surface area contributed by atoms with Crippen LogP contribution >= 0.6 is 22.7 Å². The molecule has 6 amide bonds. The summed E-state index contributed by atoms with van der Waals surface area (Å²) in [5.74, 6) is -2.05.